The first-order valence-corrected chi connectivity index (χ1v) is 7.94. The van der Waals surface area contributed by atoms with Crippen LogP contribution in [-0.4, -0.2) is 34.1 Å². The number of nitrogens with one attached hydrogen (secondary N) is 1. The molecule has 136 valence electrons. The molecule has 3 rings (SSSR count). The van der Waals surface area contributed by atoms with Crippen LogP contribution in [0.25, 0.3) is 5.69 Å². The highest BCUT2D eigenvalue weighted by atomic mass is 16.5. The van der Waals surface area contributed by atoms with E-state index in [-0.39, 0.29) is 5.69 Å². The lowest BCUT2D eigenvalue weighted by Gasteiger charge is -2.07. The number of hydrogen-bond donors (Lipinski definition) is 2. The summed E-state index contributed by atoms with van der Waals surface area (Å²) in [7, 11) is 1.57. The van der Waals surface area contributed by atoms with Gasteiger partial charge in [0.1, 0.15) is 5.75 Å². The van der Waals surface area contributed by atoms with Crippen molar-refractivity contribution in [2.75, 3.05) is 7.11 Å². The van der Waals surface area contributed by atoms with Crippen molar-refractivity contribution in [2.24, 2.45) is 5.10 Å². The van der Waals surface area contributed by atoms with Gasteiger partial charge in [-0.3, -0.25) is 9.59 Å². The van der Waals surface area contributed by atoms with Gasteiger partial charge in [-0.25, -0.2) is 5.43 Å². The number of benzene rings is 2. The highest BCUT2D eigenvalue weighted by Crippen LogP contribution is 2.13. The van der Waals surface area contributed by atoms with E-state index < -0.39 is 17.2 Å². The van der Waals surface area contributed by atoms with Crippen molar-refractivity contribution in [3.05, 3.63) is 82.3 Å². The summed E-state index contributed by atoms with van der Waals surface area (Å²) >= 11 is 0. The van der Waals surface area contributed by atoms with Gasteiger partial charge in [0.25, 0.3) is 11.5 Å². The maximum Gasteiger partial charge on any atom is 0.295 e. The van der Waals surface area contributed by atoms with E-state index in [2.05, 4.69) is 15.6 Å². The minimum Gasteiger partial charge on any atom is -0.505 e. The topological polar surface area (TPSA) is 106 Å². The molecule has 1 amide bonds. The molecule has 0 saturated carbocycles. The Labute approximate surface area is 154 Å². The normalized spacial score (nSPS) is 10.7. The van der Waals surface area contributed by atoms with Gasteiger partial charge in [0.05, 0.1) is 19.0 Å². The molecule has 1 heterocycles. The zero-order valence-electron chi connectivity index (χ0n) is 14.4. The van der Waals surface area contributed by atoms with Gasteiger partial charge in [-0.15, -0.1) is 0 Å². The molecule has 0 atom stereocenters. The second kappa shape index (κ2) is 7.96. The number of aromatic nitrogens is 2. The van der Waals surface area contributed by atoms with Crippen molar-refractivity contribution in [1.82, 2.24) is 15.2 Å². The number of carbonyl (C=O) groups excluding carboxylic acids is 1. The summed E-state index contributed by atoms with van der Waals surface area (Å²) in [6.45, 7) is 0. The number of hydrogen-bond acceptors (Lipinski definition) is 6. The first-order valence-electron chi connectivity index (χ1n) is 7.94. The minimum atomic E-state index is -0.748. The first-order chi connectivity index (χ1) is 13.1. The average Bonchev–Trinajstić information content (AvgIpc) is 2.69. The monoisotopic (exact) mass is 364 g/mol. The Balaban J connectivity index is 1.80. The summed E-state index contributed by atoms with van der Waals surface area (Å²) in [6, 6.07) is 16.5. The number of nitrogens with zero attached hydrogens (tertiary/aromatic N) is 3. The van der Waals surface area contributed by atoms with Gasteiger partial charge >= 0.3 is 0 Å². The standard InChI is InChI=1S/C19H16N4O4/c1-27-15-9-7-13(8-10-15)12-20-21-19(26)18-16(24)11-17(25)23(22-18)14-5-3-2-4-6-14/h2-12,24H,1H3,(H,21,26)/b20-12-. The molecule has 0 bridgehead atoms. The van der Waals surface area contributed by atoms with E-state index in [1.54, 1.807) is 61.7 Å². The largest absolute Gasteiger partial charge is 0.505 e. The van der Waals surface area contributed by atoms with Gasteiger partial charge in [0.15, 0.2) is 11.4 Å². The van der Waals surface area contributed by atoms with Gasteiger partial charge in [-0.05, 0) is 42.0 Å². The van der Waals surface area contributed by atoms with Crippen LogP contribution >= 0.6 is 0 Å². The molecular weight excluding hydrogens is 348 g/mol. The van der Waals surface area contributed by atoms with Crippen LogP contribution in [-0.2, 0) is 0 Å². The molecule has 2 N–H and O–H groups in total. The summed E-state index contributed by atoms with van der Waals surface area (Å²) in [4.78, 5) is 24.3. The Kier molecular flexibility index (Phi) is 5.27. The fraction of sp³-hybridized carbons (Fsp3) is 0.0526. The molecule has 0 fully saturated rings. The van der Waals surface area contributed by atoms with Crippen LogP contribution in [0, 0.1) is 0 Å². The Hall–Kier alpha value is -3.94. The third-order valence-electron chi connectivity index (χ3n) is 3.62. The van der Waals surface area contributed by atoms with Gasteiger partial charge < -0.3 is 9.84 Å². The molecule has 8 nitrogen and oxygen atoms in total. The van der Waals surface area contributed by atoms with Crippen LogP contribution in [0.1, 0.15) is 16.1 Å². The molecule has 0 unspecified atom stereocenters. The van der Waals surface area contributed by atoms with Crippen molar-refractivity contribution in [1.29, 1.82) is 0 Å². The molecule has 0 spiro atoms. The molecule has 0 saturated heterocycles. The van der Waals surface area contributed by atoms with E-state index in [0.29, 0.717) is 11.4 Å². The zero-order chi connectivity index (χ0) is 19.2. The van der Waals surface area contributed by atoms with Crippen molar-refractivity contribution in [3.8, 4) is 17.2 Å². The fourth-order valence-corrected chi connectivity index (χ4v) is 2.27. The van der Waals surface area contributed by atoms with Crippen LogP contribution in [0.4, 0.5) is 0 Å². The molecule has 0 aliphatic heterocycles. The van der Waals surface area contributed by atoms with Crippen molar-refractivity contribution in [3.63, 3.8) is 0 Å². The number of carbonyl (C=O) groups is 1. The predicted molar refractivity (Wildman–Crippen MR) is 99.6 cm³/mol. The fourth-order valence-electron chi connectivity index (χ4n) is 2.27. The molecule has 0 radical (unpaired) electrons. The smallest absolute Gasteiger partial charge is 0.295 e. The minimum absolute atomic E-state index is 0.315. The maximum absolute atomic E-state index is 12.3. The lowest BCUT2D eigenvalue weighted by molar-refractivity contribution is 0.0945. The number of aromatic hydroxyl groups is 1. The highest BCUT2D eigenvalue weighted by Gasteiger charge is 2.16. The third kappa shape index (κ3) is 4.18. The van der Waals surface area contributed by atoms with Gasteiger partial charge in [0.2, 0.25) is 0 Å². The summed E-state index contributed by atoms with van der Waals surface area (Å²) in [6.07, 6.45) is 1.43. The second-order valence-corrected chi connectivity index (χ2v) is 5.44. The van der Waals surface area contributed by atoms with Crippen LogP contribution in [0.3, 0.4) is 0 Å². The van der Waals surface area contributed by atoms with Crippen LogP contribution in [0.15, 0.2) is 70.6 Å². The van der Waals surface area contributed by atoms with E-state index in [1.807, 2.05) is 0 Å². The molecule has 0 aliphatic rings. The maximum atomic E-state index is 12.3. The van der Waals surface area contributed by atoms with Crippen LogP contribution in [0.2, 0.25) is 0 Å². The highest BCUT2D eigenvalue weighted by molar-refractivity contribution is 5.95. The number of ether oxygens (including phenoxy) is 1. The second-order valence-electron chi connectivity index (χ2n) is 5.44. The van der Waals surface area contributed by atoms with Crippen molar-refractivity contribution < 1.29 is 14.6 Å². The lowest BCUT2D eigenvalue weighted by atomic mass is 10.2. The number of amides is 1. The van der Waals surface area contributed by atoms with E-state index in [4.69, 9.17) is 4.74 Å². The number of para-hydroxylation sites is 1. The molecule has 27 heavy (non-hydrogen) atoms. The Morgan fingerprint density at radius 1 is 1.19 bits per heavy atom. The predicted octanol–water partition coefficient (Wildman–Crippen LogP) is 1.71. The zero-order valence-corrected chi connectivity index (χ0v) is 14.4. The summed E-state index contributed by atoms with van der Waals surface area (Å²) < 4.78 is 6.09. The van der Waals surface area contributed by atoms with E-state index in [1.165, 1.54) is 6.21 Å². The molecular formula is C19H16N4O4. The first kappa shape index (κ1) is 17.9. The summed E-state index contributed by atoms with van der Waals surface area (Å²) in [5, 5.41) is 17.7. The lowest BCUT2D eigenvalue weighted by Crippen LogP contribution is -2.27. The van der Waals surface area contributed by atoms with Crippen LogP contribution < -0.4 is 15.7 Å². The number of rotatable bonds is 5. The SMILES string of the molecule is COc1ccc(/C=N\NC(=O)c2nn(-c3ccccc3)c(=O)cc2O)cc1. The third-order valence-corrected chi connectivity index (χ3v) is 3.62. The molecule has 2 aromatic carbocycles. The number of hydrazone groups is 1. The van der Waals surface area contributed by atoms with Gasteiger partial charge in [0, 0.05) is 6.07 Å². The van der Waals surface area contributed by atoms with E-state index in [0.717, 1.165) is 16.3 Å². The molecule has 1 aromatic heterocycles. The summed E-state index contributed by atoms with van der Waals surface area (Å²) in [5.41, 5.74) is 2.61. The average molecular weight is 364 g/mol. The molecule has 0 aliphatic carbocycles. The summed E-state index contributed by atoms with van der Waals surface area (Å²) in [5.74, 6) is -0.570. The Morgan fingerprint density at radius 2 is 1.89 bits per heavy atom. The van der Waals surface area contributed by atoms with E-state index in [9.17, 15) is 14.7 Å². The molecule has 3 aromatic rings. The van der Waals surface area contributed by atoms with Gasteiger partial charge in [-0.1, -0.05) is 18.2 Å². The van der Waals surface area contributed by atoms with Crippen molar-refractivity contribution in [2.45, 2.75) is 0 Å². The molecule has 8 heteroatoms. The van der Waals surface area contributed by atoms with E-state index >= 15 is 0 Å². The Morgan fingerprint density at radius 3 is 2.56 bits per heavy atom. The van der Waals surface area contributed by atoms with Crippen LogP contribution in [0.5, 0.6) is 11.5 Å². The number of methoxy groups -OCH3 is 1. The van der Waals surface area contributed by atoms with Crippen molar-refractivity contribution >= 4 is 12.1 Å². The Bertz CT molecular complexity index is 1030. The quantitative estimate of drug-likeness (QED) is 0.530. The van der Waals surface area contributed by atoms with Gasteiger partial charge in [-0.2, -0.15) is 14.9 Å².